The minimum Gasteiger partial charge on any atom is -0.494 e. The predicted octanol–water partition coefficient (Wildman–Crippen LogP) is 3.12. The molecule has 0 unspecified atom stereocenters. The largest absolute Gasteiger partial charge is 0.494 e. The van der Waals surface area contributed by atoms with Crippen LogP contribution >= 0.6 is 11.3 Å². The summed E-state index contributed by atoms with van der Waals surface area (Å²) in [4.78, 5) is 18.8. The molecule has 1 aliphatic heterocycles. The van der Waals surface area contributed by atoms with E-state index in [0.29, 0.717) is 24.6 Å². The number of aromatic nitrogens is 1. The van der Waals surface area contributed by atoms with Gasteiger partial charge < -0.3 is 23.8 Å². The Kier molecular flexibility index (Phi) is 5.21. The third kappa shape index (κ3) is 3.68. The summed E-state index contributed by atoms with van der Waals surface area (Å²) in [5.41, 5.74) is 0.857. The van der Waals surface area contributed by atoms with Crippen molar-refractivity contribution < 1.29 is 23.7 Å². The van der Waals surface area contributed by atoms with Gasteiger partial charge in [-0.05, 0) is 24.3 Å². The number of ether oxygens (including phenoxy) is 4. The highest BCUT2D eigenvalue weighted by molar-refractivity contribution is 7.22. The Hall–Kier alpha value is -3.00. The van der Waals surface area contributed by atoms with E-state index in [1.807, 2.05) is 30.3 Å². The number of fused-ring (bicyclic) bond motifs is 1. The molecule has 8 heteroatoms. The molecule has 0 bridgehead atoms. The van der Waals surface area contributed by atoms with Crippen LogP contribution in [0.3, 0.4) is 0 Å². The first kappa shape index (κ1) is 18.4. The molecule has 0 aliphatic carbocycles. The zero-order valence-corrected chi connectivity index (χ0v) is 16.4. The minimum atomic E-state index is -0.401. The van der Waals surface area contributed by atoms with Crippen LogP contribution in [0.4, 0.5) is 5.13 Å². The van der Waals surface area contributed by atoms with Crippen LogP contribution in [0.1, 0.15) is 0 Å². The number of hydrogen-bond acceptors (Lipinski definition) is 8. The van der Waals surface area contributed by atoms with Gasteiger partial charge in [-0.15, -0.1) is 0 Å². The number of methoxy groups -OCH3 is 2. The average molecular weight is 400 g/mol. The van der Waals surface area contributed by atoms with E-state index in [1.54, 1.807) is 37.7 Å². The van der Waals surface area contributed by atoms with Gasteiger partial charge in [0.2, 0.25) is 0 Å². The Labute approximate surface area is 166 Å². The SMILES string of the molecule is COc1ccccc1OCC(=O)OC1CN(c2nc3c(OC)cccc3s2)C1. The molecule has 7 nitrogen and oxygen atoms in total. The van der Waals surface area contributed by atoms with Gasteiger partial charge in [0.05, 0.1) is 32.0 Å². The fraction of sp³-hybridized carbons (Fsp3) is 0.300. The van der Waals surface area contributed by atoms with Gasteiger partial charge in [0.25, 0.3) is 0 Å². The predicted molar refractivity (Wildman–Crippen MR) is 107 cm³/mol. The van der Waals surface area contributed by atoms with Gasteiger partial charge in [-0.25, -0.2) is 9.78 Å². The number of thiazole rings is 1. The number of anilines is 1. The Bertz CT molecular complexity index is 984. The fourth-order valence-corrected chi connectivity index (χ4v) is 3.98. The van der Waals surface area contributed by atoms with Crippen LogP contribution in [0.2, 0.25) is 0 Å². The van der Waals surface area contributed by atoms with Crippen LogP contribution in [0.15, 0.2) is 42.5 Å². The lowest BCUT2D eigenvalue weighted by Gasteiger charge is -2.38. The maximum absolute atomic E-state index is 12.1. The van der Waals surface area contributed by atoms with Gasteiger partial charge in [0, 0.05) is 0 Å². The summed E-state index contributed by atoms with van der Waals surface area (Å²) in [5, 5.41) is 0.900. The van der Waals surface area contributed by atoms with Crippen molar-refractivity contribution in [2.75, 3.05) is 38.8 Å². The lowest BCUT2D eigenvalue weighted by atomic mass is 10.2. The molecule has 1 aliphatic rings. The van der Waals surface area contributed by atoms with Gasteiger partial charge in [-0.3, -0.25) is 0 Å². The van der Waals surface area contributed by atoms with Crippen LogP contribution in [0, 0.1) is 0 Å². The molecule has 0 amide bonds. The first-order valence-electron chi connectivity index (χ1n) is 8.81. The van der Waals surface area contributed by atoms with Crippen LogP contribution < -0.4 is 19.1 Å². The lowest BCUT2D eigenvalue weighted by Crippen LogP contribution is -2.53. The monoisotopic (exact) mass is 400 g/mol. The third-order valence-electron chi connectivity index (χ3n) is 4.42. The number of carbonyl (C=O) groups excluding carboxylic acids is 1. The van der Waals surface area contributed by atoms with Gasteiger partial charge >= 0.3 is 5.97 Å². The molecule has 0 atom stereocenters. The van der Waals surface area contributed by atoms with Crippen molar-refractivity contribution in [2.45, 2.75) is 6.10 Å². The lowest BCUT2D eigenvalue weighted by molar-refractivity contribution is -0.152. The van der Waals surface area contributed by atoms with Crippen molar-refractivity contribution >= 4 is 32.7 Å². The number of nitrogens with zero attached hydrogens (tertiary/aromatic N) is 2. The van der Waals surface area contributed by atoms with Crippen LogP contribution in [-0.4, -0.2) is 51.0 Å². The van der Waals surface area contributed by atoms with E-state index >= 15 is 0 Å². The Morgan fingerprint density at radius 3 is 2.54 bits per heavy atom. The maximum Gasteiger partial charge on any atom is 0.344 e. The van der Waals surface area contributed by atoms with Crippen molar-refractivity contribution in [3.63, 3.8) is 0 Å². The third-order valence-corrected chi connectivity index (χ3v) is 5.50. The second-order valence-electron chi connectivity index (χ2n) is 6.26. The Morgan fingerprint density at radius 1 is 1.07 bits per heavy atom. The number of benzene rings is 2. The molecule has 1 saturated heterocycles. The van der Waals surface area contributed by atoms with E-state index in [1.165, 1.54) is 0 Å². The van der Waals surface area contributed by atoms with Gasteiger partial charge in [0.1, 0.15) is 17.4 Å². The highest BCUT2D eigenvalue weighted by Gasteiger charge is 2.32. The molecule has 1 fully saturated rings. The van der Waals surface area contributed by atoms with Crippen LogP contribution in [0.25, 0.3) is 10.2 Å². The normalized spacial score (nSPS) is 13.9. The quantitative estimate of drug-likeness (QED) is 0.564. The summed E-state index contributed by atoms with van der Waals surface area (Å²) in [6.45, 7) is 1.07. The fourth-order valence-electron chi connectivity index (χ4n) is 2.98. The average Bonchev–Trinajstić information content (AvgIpc) is 3.12. The molecule has 3 aromatic rings. The molecular formula is C20H20N2O5S. The topological polar surface area (TPSA) is 70.1 Å². The van der Waals surface area contributed by atoms with Crippen LogP contribution in [-0.2, 0) is 9.53 Å². The molecular weight excluding hydrogens is 380 g/mol. The molecule has 2 heterocycles. The molecule has 0 saturated carbocycles. The molecule has 1 aromatic heterocycles. The highest BCUT2D eigenvalue weighted by atomic mass is 32.1. The Morgan fingerprint density at radius 2 is 1.79 bits per heavy atom. The summed E-state index contributed by atoms with van der Waals surface area (Å²) >= 11 is 1.60. The second kappa shape index (κ2) is 7.93. The molecule has 146 valence electrons. The van der Waals surface area contributed by atoms with Crippen molar-refractivity contribution in [2.24, 2.45) is 0 Å². The van der Waals surface area contributed by atoms with Crippen molar-refractivity contribution in [1.82, 2.24) is 4.98 Å². The van der Waals surface area contributed by atoms with E-state index in [-0.39, 0.29) is 12.7 Å². The van der Waals surface area contributed by atoms with E-state index < -0.39 is 5.97 Å². The first-order chi connectivity index (χ1) is 13.7. The second-order valence-corrected chi connectivity index (χ2v) is 7.27. The van der Waals surface area contributed by atoms with E-state index in [4.69, 9.17) is 18.9 Å². The Balaban J connectivity index is 1.29. The molecule has 0 spiro atoms. The van der Waals surface area contributed by atoms with Gasteiger partial charge in [0.15, 0.2) is 23.2 Å². The molecule has 2 aromatic carbocycles. The molecule has 4 rings (SSSR count). The standard InChI is InChI=1S/C20H20N2O5S/c1-24-14-6-3-4-7-15(14)26-12-18(23)27-13-10-22(11-13)20-21-19-16(25-2)8-5-9-17(19)28-20/h3-9,13H,10-12H2,1-2H3. The molecule has 0 N–H and O–H groups in total. The summed E-state index contributed by atoms with van der Waals surface area (Å²) in [5.74, 6) is 1.45. The number of esters is 1. The zero-order chi connectivity index (χ0) is 19.5. The number of para-hydroxylation sites is 3. The number of hydrogen-bond donors (Lipinski definition) is 0. The molecule has 0 radical (unpaired) electrons. The maximum atomic E-state index is 12.1. The van der Waals surface area contributed by atoms with Gasteiger partial charge in [-0.1, -0.05) is 29.5 Å². The van der Waals surface area contributed by atoms with Crippen molar-refractivity contribution in [3.05, 3.63) is 42.5 Å². The summed E-state index contributed by atoms with van der Waals surface area (Å²) in [6.07, 6.45) is -0.164. The zero-order valence-electron chi connectivity index (χ0n) is 15.6. The van der Waals surface area contributed by atoms with Gasteiger partial charge in [-0.2, -0.15) is 0 Å². The van der Waals surface area contributed by atoms with E-state index in [9.17, 15) is 4.79 Å². The van der Waals surface area contributed by atoms with Crippen molar-refractivity contribution in [1.29, 1.82) is 0 Å². The first-order valence-corrected chi connectivity index (χ1v) is 9.63. The van der Waals surface area contributed by atoms with Crippen LogP contribution in [0.5, 0.6) is 17.2 Å². The van der Waals surface area contributed by atoms with E-state index in [0.717, 1.165) is 21.1 Å². The summed E-state index contributed by atoms with van der Waals surface area (Å²) in [7, 11) is 3.20. The smallest absolute Gasteiger partial charge is 0.344 e. The summed E-state index contributed by atoms with van der Waals surface area (Å²) in [6, 6.07) is 13.0. The highest BCUT2D eigenvalue weighted by Crippen LogP contribution is 2.36. The molecule has 28 heavy (non-hydrogen) atoms. The van der Waals surface area contributed by atoms with Crippen molar-refractivity contribution in [3.8, 4) is 17.2 Å². The summed E-state index contributed by atoms with van der Waals surface area (Å²) < 4.78 is 22.6. The number of rotatable bonds is 7. The minimum absolute atomic E-state index is 0.158. The van der Waals surface area contributed by atoms with E-state index in [2.05, 4.69) is 9.88 Å². The number of carbonyl (C=O) groups is 1.